The Morgan fingerprint density at radius 2 is 0.909 bits per heavy atom. The molecule has 0 atom stereocenters. The normalized spacial score (nSPS) is 17.5. The van der Waals surface area contributed by atoms with Crippen LogP contribution in [0.1, 0.15) is 61.1 Å². The minimum atomic E-state index is -0.486. The lowest BCUT2D eigenvalue weighted by molar-refractivity contribution is 0.279. The van der Waals surface area contributed by atoms with Crippen molar-refractivity contribution in [2.75, 3.05) is 13.2 Å². The predicted molar refractivity (Wildman–Crippen MR) is 224 cm³/mol. The standard InChI is InChI=1S/C51H40N2O2/c1-49(2)29-54-47(52-49)36-13-9-11-31(26-36)33-19-22-38-35(25-33)21-24-42-41-23-20-34(32-12-10-14-37(27-32)48-53-50(3,4)30-55-48)28-45(41)51(46(38)42)43-17-7-5-15-39(43)40-16-6-8-18-44(40)51/h5-28H,29-30H2,1-4H3. The predicted octanol–water partition coefficient (Wildman–Crippen LogP) is 11.6. The van der Waals surface area contributed by atoms with Crippen LogP contribution in [0.2, 0.25) is 0 Å². The summed E-state index contributed by atoms with van der Waals surface area (Å²) in [5.41, 5.74) is 16.3. The molecule has 11 rings (SSSR count). The van der Waals surface area contributed by atoms with Gasteiger partial charge in [0.1, 0.15) is 13.2 Å². The Bertz CT molecular complexity index is 2790. The lowest BCUT2D eigenvalue weighted by Gasteiger charge is -2.31. The topological polar surface area (TPSA) is 43.2 Å². The van der Waals surface area contributed by atoms with Gasteiger partial charge in [-0.1, -0.05) is 109 Å². The molecule has 7 aromatic rings. The van der Waals surface area contributed by atoms with E-state index in [2.05, 4.69) is 173 Å². The Labute approximate surface area is 321 Å². The summed E-state index contributed by atoms with van der Waals surface area (Å²) in [5.74, 6) is 1.44. The van der Waals surface area contributed by atoms with Crippen LogP contribution in [0.25, 0.3) is 55.3 Å². The van der Waals surface area contributed by atoms with Crippen molar-refractivity contribution in [1.29, 1.82) is 0 Å². The molecule has 55 heavy (non-hydrogen) atoms. The van der Waals surface area contributed by atoms with Crippen molar-refractivity contribution in [2.24, 2.45) is 9.98 Å². The van der Waals surface area contributed by atoms with E-state index in [0.29, 0.717) is 13.2 Å². The van der Waals surface area contributed by atoms with Gasteiger partial charge in [-0.3, -0.25) is 0 Å². The summed E-state index contributed by atoms with van der Waals surface area (Å²) in [6.07, 6.45) is 0. The molecular formula is C51H40N2O2. The molecule has 0 saturated carbocycles. The van der Waals surface area contributed by atoms with E-state index in [-0.39, 0.29) is 11.1 Å². The van der Waals surface area contributed by atoms with Crippen LogP contribution < -0.4 is 0 Å². The highest BCUT2D eigenvalue weighted by Gasteiger charge is 2.52. The van der Waals surface area contributed by atoms with Crippen LogP contribution in [-0.2, 0) is 14.9 Å². The van der Waals surface area contributed by atoms with Gasteiger partial charge in [-0.15, -0.1) is 0 Å². The molecule has 0 aromatic heterocycles. The minimum Gasteiger partial charge on any atom is -0.475 e. The quantitative estimate of drug-likeness (QED) is 0.182. The number of fused-ring (bicyclic) bond motifs is 12. The van der Waals surface area contributed by atoms with Crippen LogP contribution in [0.15, 0.2) is 156 Å². The van der Waals surface area contributed by atoms with Crippen molar-refractivity contribution >= 4 is 22.6 Å². The summed E-state index contributed by atoms with van der Waals surface area (Å²) >= 11 is 0. The average Bonchev–Trinajstić information content (AvgIpc) is 3.94. The van der Waals surface area contributed by atoms with Gasteiger partial charge in [0.2, 0.25) is 11.8 Å². The SMILES string of the molecule is CC1(C)COC(c2cccc(-c3ccc4c(c3)C3(c5ccccc5-c5ccccc53)c3c-4ccc4cc(-c5cccc(C6=NC(C)(C)CO6)c5)ccc34)c2)=N1. The van der Waals surface area contributed by atoms with Crippen LogP contribution >= 0.6 is 0 Å². The Kier molecular flexibility index (Phi) is 6.66. The first kappa shape index (κ1) is 32.2. The van der Waals surface area contributed by atoms with Crippen molar-refractivity contribution in [1.82, 2.24) is 0 Å². The van der Waals surface area contributed by atoms with Crippen LogP contribution in [-0.4, -0.2) is 36.1 Å². The molecule has 0 N–H and O–H groups in total. The Morgan fingerprint density at radius 1 is 0.418 bits per heavy atom. The second-order valence-electron chi connectivity index (χ2n) is 16.7. The zero-order chi connectivity index (χ0) is 37.1. The van der Waals surface area contributed by atoms with Gasteiger partial charge in [0, 0.05) is 11.1 Å². The van der Waals surface area contributed by atoms with E-state index >= 15 is 0 Å². The second-order valence-corrected chi connectivity index (χ2v) is 16.7. The number of hydrogen-bond acceptors (Lipinski definition) is 4. The van der Waals surface area contributed by atoms with Crippen molar-refractivity contribution in [3.8, 4) is 44.5 Å². The Hall–Kier alpha value is -6.26. The molecule has 1 spiro atoms. The summed E-state index contributed by atoms with van der Waals surface area (Å²) < 4.78 is 12.1. The van der Waals surface area contributed by atoms with E-state index in [4.69, 9.17) is 19.5 Å². The maximum absolute atomic E-state index is 6.07. The van der Waals surface area contributed by atoms with Crippen LogP contribution in [0.5, 0.6) is 0 Å². The highest BCUT2D eigenvalue weighted by atomic mass is 16.5. The first-order chi connectivity index (χ1) is 26.7. The summed E-state index contributed by atoms with van der Waals surface area (Å²) in [7, 11) is 0. The summed E-state index contributed by atoms with van der Waals surface area (Å²) in [5, 5.41) is 2.49. The van der Waals surface area contributed by atoms with E-state index < -0.39 is 5.41 Å². The van der Waals surface area contributed by atoms with Gasteiger partial charge in [-0.05, 0) is 142 Å². The van der Waals surface area contributed by atoms with Gasteiger partial charge in [-0.2, -0.15) is 0 Å². The van der Waals surface area contributed by atoms with E-state index in [9.17, 15) is 0 Å². The maximum atomic E-state index is 6.07. The smallest absolute Gasteiger partial charge is 0.216 e. The monoisotopic (exact) mass is 712 g/mol. The van der Waals surface area contributed by atoms with Crippen LogP contribution in [0, 0.1) is 0 Å². The molecule has 266 valence electrons. The van der Waals surface area contributed by atoms with Gasteiger partial charge in [0.05, 0.1) is 16.5 Å². The third kappa shape index (κ3) is 4.77. The van der Waals surface area contributed by atoms with Gasteiger partial charge in [-0.25, -0.2) is 9.98 Å². The molecule has 0 amide bonds. The molecule has 2 heterocycles. The van der Waals surface area contributed by atoms with Gasteiger partial charge < -0.3 is 9.47 Å². The fraction of sp³-hybridized carbons (Fsp3) is 0.176. The summed E-state index contributed by atoms with van der Waals surface area (Å²) in [6, 6.07) is 54.1. The maximum Gasteiger partial charge on any atom is 0.216 e. The lowest BCUT2D eigenvalue weighted by atomic mass is 9.69. The molecule has 0 radical (unpaired) electrons. The third-order valence-corrected chi connectivity index (χ3v) is 11.9. The molecular weight excluding hydrogens is 673 g/mol. The highest BCUT2D eigenvalue weighted by molar-refractivity contribution is 6.05. The zero-order valence-electron chi connectivity index (χ0n) is 31.5. The Balaban J connectivity index is 1.11. The minimum absolute atomic E-state index is 0.207. The van der Waals surface area contributed by atoms with Gasteiger partial charge >= 0.3 is 0 Å². The molecule has 0 fully saturated rings. The largest absolute Gasteiger partial charge is 0.475 e. The van der Waals surface area contributed by atoms with Crippen molar-refractivity contribution in [3.63, 3.8) is 0 Å². The Morgan fingerprint density at radius 3 is 1.49 bits per heavy atom. The highest BCUT2D eigenvalue weighted by Crippen LogP contribution is 2.64. The first-order valence-electron chi connectivity index (χ1n) is 19.3. The summed E-state index contributed by atoms with van der Waals surface area (Å²) in [6.45, 7) is 9.64. The fourth-order valence-electron chi connectivity index (χ4n) is 9.46. The molecule has 2 aliphatic carbocycles. The van der Waals surface area contributed by atoms with Gasteiger partial charge in [0.15, 0.2) is 0 Å². The number of rotatable bonds is 4. The van der Waals surface area contributed by atoms with Crippen molar-refractivity contribution < 1.29 is 9.47 Å². The lowest BCUT2D eigenvalue weighted by Crippen LogP contribution is -2.26. The number of benzene rings is 7. The van der Waals surface area contributed by atoms with Gasteiger partial charge in [0.25, 0.3) is 0 Å². The molecule has 4 nitrogen and oxygen atoms in total. The fourth-order valence-corrected chi connectivity index (χ4v) is 9.46. The molecule has 7 aromatic carbocycles. The number of hydrogen-bond donors (Lipinski definition) is 0. The van der Waals surface area contributed by atoms with Crippen LogP contribution in [0.4, 0.5) is 0 Å². The third-order valence-electron chi connectivity index (χ3n) is 11.9. The van der Waals surface area contributed by atoms with Crippen molar-refractivity contribution in [3.05, 3.63) is 179 Å². The number of aliphatic imine (C=N–C) groups is 2. The molecule has 4 aliphatic rings. The average molecular weight is 713 g/mol. The first-order valence-corrected chi connectivity index (χ1v) is 19.3. The molecule has 0 bridgehead atoms. The molecule has 2 aliphatic heterocycles. The summed E-state index contributed by atoms with van der Waals surface area (Å²) in [4.78, 5) is 9.73. The van der Waals surface area contributed by atoms with Crippen LogP contribution in [0.3, 0.4) is 0 Å². The molecule has 4 heteroatoms. The van der Waals surface area contributed by atoms with E-state index in [1.54, 1.807) is 0 Å². The van der Waals surface area contributed by atoms with Crippen molar-refractivity contribution in [2.45, 2.75) is 44.2 Å². The molecule has 0 unspecified atom stereocenters. The molecule has 0 saturated heterocycles. The van der Waals surface area contributed by atoms with E-state index in [1.165, 1.54) is 66.4 Å². The van der Waals surface area contributed by atoms with E-state index in [1.807, 2.05) is 0 Å². The number of ether oxygens (including phenoxy) is 2. The zero-order valence-corrected chi connectivity index (χ0v) is 31.5. The van der Waals surface area contributed by atoms with E-state index in [0.717, 1.165) is 34.0 Å². The second kappa shape index (κ2) is 11.4. The number of nitrogens with zero attached hydrogens (tertiary/aromatic N) is 2.